The summed E-state index contributed by atoms with van der Waals surface area (Å²) in [5.74, 6) is -0.453. The minimum Gasteiger partial charge on any atom is -0.344 e. The van der Waals surface area contributed by atoms with Gasteiger partial charge < -0.3 is 10.6 Å². The molecule has 112 valence electrons. The maximum absolute atomic E-state index is 12.3. The van der Waals surface area contributed by atoms with Gasteiger partial charge in [-0.1, -0.05) is 37.3 Å². The number of rotatable bonds is 4. The number of carbonyl (C=O) groups excluding carboxylic acids is 2. The molecule has 2 aromatic rings. The number of benzene rings is 1. The molecule has 2 rings (SSSR count). The molecule has 1 aromatic heterocycles. The number of hydrogen-bond acceptors (Lipinski definition) is 4. The Bertz CT molecular complexity index is 679. The van der Waals surface area contributed by atoms with Crippen LogP contribution in [0.25, 0.3) is 10.2 Å². The van der Waals surface area contributed by atoms with Crippen LogP contribution in [-0.2, 0) is 9.59 Å². The van der Waals surface area contributed by atoms with Crippen LogP contribution in [0.2, 0.25) is 0 Å². The third-order valence-electron chi connectivity index (χ3n) is 3.16. The second kappa shape index (κ2) is 6.22. The van der Waals surface area contributed by atoms with Crippen molar-refractivity contribution in [1.29, 1.82) is 0 Å². The molecule has 2 amide bonds. The number of thiazole rings is 1. The molecule has 0 saturated carbocycles. The predicted molar refractivity (Wildman–Crippen MR) is 85.4 cm³/mol. The Balaban J connectivity index is 2.20. The molecule has 0 aliphatic heterocycles. The van der Waals surface area contributed by atoms with Crippen molar-refractivity contribution in [2.45, 2.75) is 33.7 Å². The van der Waals surface area contributed by atoms with E-state index in [0.717, 1.165) is 15.8 Å². The first kappa shape index (κ1) is 15.4. The molecule has 0 aliphatic rings. The van der Waals surface area contributed by atoms with Crippen molar-refractivity contribution in [2.24, 2.45) is 5.92 Å². The van der Waals surface area contributed by atoms with Gasteiger partial charge in [0.25, 0.3) is 0 Å². The average Bonchev–Trinajstić information content (AvgIpc) is 2.79. The number of nitrogens with zero attached hydrogens (tertiary/aromatic N) is 1. The largest absolute Gasteiger partial charge is 0.344 e. The van der Waals surface area contributed by atoms with Gasteiger partial charge >= 0.3 is 0 Å². The smallest absolute Gasteiger partial charge is 0.248 e. The van der Waals surface area contributed by atoms with E-state index in [1.54, 1.807) is 0 Å². The van der Waals surface area contributed by atoms with Crippen LogP contribution in [-0.4, -0.2) is 22.8 Å². The van der Waals surface area contributed by atoms with Gasteiger partial charge in [0.15, 0.2) is 5.13 Å². The van der Waals surface area contributed by atoms with Crippen molar-refractivity contribution in [3.05, 3.63) is 23.8 Å². The van der Waals surface area contributed by atoms with Crippen LogP contribution in [0.5, 0.6) is 0 Å². The quantitative estimate of drug-likeness (QED) is 0.912. The van der Waals surface area contributed by atoms with Gasteiger partial charge in [0.2, 0.25) is 11.8 Å². The van der Waals surface area contributed by atoms with E-state index in [4.69, 9.17) is 0 Å². The van der Waals surface area contributed by atoms with E-state index in [0.29, 0.717) is 5.13 Å². The average molecular weight is 305 g/mol. The molecule has 5 nitrogen and oxygen atoms in total. The number of anilines is 1. The molecule has 0 bridgehead atoms. The zero-order valence-electron chi connectivity index (χ0n) is 12.6. The Labute approximate surface area is 127 Å². The van der Waals surface area contributed by atoms with E-state index < -0.39 is 6.04 Å². The zero-order chi connectivity index (χ0) is 15.6. The highest BCUT2D eigenvalue weighted by molar-refractivity contribution is 7.22. The monoisotopic (exact) mass is 305 g/mol. The number of hydrogen-bond donors (Lipinski definition) is 2. The normalized spacial score (nSPS) is 12.4. The van der Waals surface area contributed by atoms with Crippen LogP contribution in [0.1, 0.15) is 26.3 Å². The number of fused-ring (bicyclic) bond motifs is 1. The van der Waals surface area contributed by atoms with Crippen LogP contribution < -0.4 is 10.6 Å². The molecule has 1 atom stereocenters. The van der Waals surface area contributed by atoms with E-state index in [9.17, 15) is 9.59 Å². The summed E-state index contributed by atoms with van der Waals surface area (Å²) >= 11 is 1.43. The summed E-state index contributed by atoms with van der Waals surface area (Å²) in [6.07, 6.45) is 0. The molecule has 0 radical (unpaired) electrons. The van der Waals surface area contributed by atoms with Crippen molar-refractivity contribution in [3.8, 4) is 0 Å². The summed E-state index contributed by atoms with van der Waals surface area (Å²) < 4.78 is 1.03. The van der Waals surface area contributed by atoms with Gasteiger partial charge in [-0.15, -0.1) is 0 Å². The Morgan fingerprint density at radius 1 is 1.29 bits per heavy atom. The van der Waals surface area contributed by atoms with E-state index in [2.05, 4.69) is 15.6 Å². The fourth-order valence-electron chi connectivity index (χ4n) is 2.08. The standard InChI is InChI=1S/C15H19N3O2S/c1-8(2)12(16-10(4)19)14(20)18-15-17-13-9(3)6-5-7-11(13)21-15/h5-8,12H,1-4H3,(H,16,19)(H,17,18,20)/t12-/m0/s1. The molecule has 0 saturated heterocycles. The number of amides is 2. The summed E-state index contributed by atoms with van der Waals surface area (Å²) in [7, 11) is 0. The summed E-state index contributed by atoms with van der Waals surface area (Å²) in [6, 6.07) is 5.37. The Morgan fingerprint density at radius 2 is 2.00 bits per heavy atom. The number of nitrogens with one attached hydrogen (secondary N) is 2. The predicted octanol–water partition coefficient (Wildman–Crippen LogP) is 2.70. The SMILES string of the molecule is CC(=O)N[C@H](C(=O)Nc1nc2c(C)cccc2s1)C(C)C. The molecule has 0 fully saturated rings. The lowest BCUT2D eigenvalue weighted by molar-refractivity contribution is -0.126. The maximum Gasteiger partial charge on any atom is 0.248 e. The molecule has 2 N–H and O–H groups in total. The van der Waals surface area contributed by atoms with Gasteiger partial charge in [-0.3, -0.25) is 9.59 Å². The highest BCUT2D eigenvalue weighted by atomic mass is 32.1. The molecule has 0 unspecified atom stereocenters. The molecule has 21 heavy (non-hydrogen) atoms. The Morgan fingerprint density at radius 3 is 2.57 bits per heavy atom. The number of para-hydroxylation sites is 1. The molecule has 0 aliphatic carbocycles. The lowest BCUT2D eigenvalue weighted by Gasteiger charge is -2.20. The molecular weight excluding hydrogens is 286 g/mol. The molecule has 1 aromatic carbocycles. The molecular formula is C15H19N3O2S. The summed E-state index contributed by atoms with van der Waals surface area (Å²) in [6.45, 7) is 7.18. The topological polar surface area (TPSA) is 71.1 Å². The summed E-state index contributed by atoms with van der Waals surface area (Å²) in [5, 5.41) is 6.03. The maximum atomic E-state index is 12.3. The second-order valence-electron chi connectivity index (χ2n) is 5.35. The number of aromatic nitrogens is 1. The van der Waals surface area contributed by atoms with Crippen LogP contribution in [0.15, 0.2) is 18.2 Å². The molecule has 0 spiro atoms. The molecule has 6 heteroatoms. The zero-order valence-corrected chi connectivity index (χ0v) is 13.4. The van der Waals surface area contributed by atoms with Crippen LogP contribution in [0, 0.1) is 12.8 Å². The fraction of sp³-hybridized carbons (Fsp3) is 0.400. The van der Waals surface area contributed by atoms with Crippen LogP contribution in [0.3, 0.4) is 0 Å². The highest BCUT2D eigenvalue weighted by Gasteiger charge is 2.24. The fourth-order valence-corrected chi connectivity index (χ4v) is 3.02. The van der Waals surface area contributed by atoms with Gasteiger partial charge in [0.1, 0.15) is 6.04 Å². The van der Waals surface area contributed by atoms with Crippen molar-refractivity contribution < 1.29 is 9.59 Å². The first-order valence-electron chi connectivity index (χ1n) is 6.82. The van der Waals surface area contributed by atoms with E-state index in [1.165, 1.54) is 18.3 Å². The van der Waals surface area contributed by atoms with E-state index in [1.807, 2.05) is 39.0 Å². The third kappa shape index (κ3) is 3.58. The lowest BCUT2D eigenvalue weighted by Crippen LogP contribution is -2.46. The van der Waals surface area contributed by atoms with Gasteiger partial charge in [0, 0.05) is 6.92 Å². The first-order valence-corrected chi connectivity index (χ1v) is 7.64. The Hall–Kier alpha value is -1.95. The lowest BCUT2D eigenvalue weighted by atomic mass is 10.0. The van der Waals surface area contributed by atoms with Crippen LogP contribution >= 0.6 is 11.3 Å². The second-order valence-corrected chi connectivity index (χ2v) is 6.38. The molecule has 1 heterocycles. The van der Waals surface area contributed by atoms with Gasteiger partial charge in [-0.2, -0.15) is 0 Å². The number of carbonyl (C=O) groups is 2. The van der Waals surface area contributed by atoms with E-state index >= 15 is 0 Å². The third-order valence-corrected chi connectivity index (χ3v) is 4.09. The highest BCUT2D eigenvalue weighted by Crippen LogP contribution is 2.28. The first-order chi connectivity index (χ1) is 9.88. The summed E-state index contributed by atoms with van der Waals surface area (Å²) in [4.78, 5) is 27.9. The van der Waals surface area contributed by atoms with Gasteiger partial charge in [0.05, 0.1) is 10.2 Å². The summed E-state index contributed by atoms with van der Waals surface area (Å²) in [5.41, 5.74) is 1.98. The van der Waals surface area contributed by atoms with Crippen molar-refractivity contribution in [3.63, 3.8) is 0 Å². The van der Waals surface area contributed by atoms with Crippen molar-refractivity contribution in [2.75, 3.05) is 5.32 Å². The van der Waals surface area contributed by atoms with Crippen molar-refractivity contribution >= 4 is 38.5 Å². The number of aryl methyl sites for hydroxylation is 1. The van der Waals surface area contributed by atoms with Gasteiger partial charge in [-0.25, -0.2) is 4.98 Å². The minimum absolute atomic E-state index is 0.00464. The minimum atomic E-state index is -0.560. The van der Waals surface area contributed by atoms with Crippen molar-refractivity contribution in [1.82, 2.24) is 10.3 Å². The van der Waals surface area contributed by atoms with Gasteiger partial charge in [-0.05, 0) is 24.5 Å². The van der Waals surface area contributed by atoms with E-state index in [-0.39, 0.29) is 17.7 Å². The Kier molecular flexibility index (Phi) is 4.57. The van der Waals surface area contributed by atoms with Crippen LogP contribution in [0.4, 0.5) is 5.13 Å².